The fourth-order valence-electron chi connectivity index (χ4n) is 3.98. The van der Waals surface area contributed by atoms with Crippen LogP contribution in [0.5, 0.6) is 5.75 Å². The zero-order chi connectivity index (χ0) is 25.9. The van der Waals surface area contributed by atoms with Gasteiger partial charge < -0.3 is 9.47 Å². The van der Waals surface area contributed by atoms with Crippen LogP contribution in [0.3, 0.4) is 0 Å². The fraction of sp³-hybridized carbons (Fsp3) is 0.172. The van der Waals surface area contributed by atoms with Gasteiger partial charge in [0, 0.05) is 16.1 Å². The largest absolute Gasteiger partial charge is 0.441 e. The average molecular weight is 597 g/mol. The Morgan fingerprint density at radius 3 is 2.38 bits per heavy atom. The van der Waals surface area contributed by atoms with Gasteiger partial charge in [-0.2, -0.15) is 0 Å². The first-order chi connectivity index (χ1) is 17.9. The van der Waals surface area contributed by atoms with Crippen LogP contribution < -0.4 is 10.1 Å². The average Bonchev–Trinajstić information content (AvgIpc) is 3.68. The molecule has 8 heteroatoms. The molecule has 1 heterocycles. The molecule has 0 spiro atoms. The highest BCUT2D eigenvalue weighted by atomic mass is 79.9. The van der Waals surface area contributed by atoms with Gasteiger partial charge in [-0.3, -0.25) is 10.1 Å². The predicted octanol–water partition coefficient (Wildman–Crippen LogP) is 9.12. The third kappa shape index (κ3) is 6.06. The molecule has 5 nitrogen and oxygen atoms in total. The van der Waals surface area contributed by atoms with Gasteiger partial charge in [-0.25, -0.2) is 4.79 Å². The lowest BCUT2D eigenvalue weighted by Crippen LogP contribution is -2.16. The topological polar surface area (TPSA) is 64.6 Å². The van der Waals surface area contributed by atoms with Crippen LogP contribution in [0.15, 0.2) is 82.6 Å². The Kier molecular flexibility index (Phi) is 7.65. The van der Waals surface area contributed by atoms with E-state index in [1.165, 1.54) is 11.3 Å². The molecule has 188 valence electrons. The summed E-state index contributed by atoms with van der Waals surface area (Å²) in [5.41, 5.74) is 4.28. The number of rotatable bonds is 7. The van der Waals surface area contributed by atoms with Crippen molar-refractivity contribution in [1.82, 2.24) is 0 Å². The highest BCUT2D eigenvalue weighted by Crippen LogP contribution is 2.44. The van der Waals surface area contributed by atoms with Gasteiger partial charge in [-0.1, -0.05) is 66.2 Å². The Bertz CT molecular complexity index is 1450. The van der Waals surface area contributed by atoms with Gasteiger partial charge >= 0.3 is 12.1 Å². The van der Waals surface area contributed by atoms with Gasteiger partial charge in [-0.05, 0) is 71.1 Å². The van der Waals surface area contributed by atoms with E-state index in [-0.39, 0.29) is 11.9 Å². The van der Waals surface area contributed by atoms with E-state index in [2.05, 4.69) is 21.2 Å². The number of esters is 1. The van der Waals surface area contributed by atoms with Crippen LogP contribution >= 0.6 is 38.9 Å². The minimum Gasteiger partial charge on any atom is -0.441 e. The number of amides is 1. The molecule has 1 aliphatic rings. The number of thiophene rings is 1. The second kappa shape index (κ2) is 11.1. The van der Waals surface area contributed by atoms with Crippen molar-refractivity contribution in [3.05, 3.63) is 93.2 Å². The second-order valence-electron chi connectivity index (χ2n) is 8.75. The molecule has 1 aromatic heterocycles. The van der Waals surface area contributed by atoms with Gasteiger partial charge in [0.15, 0.2) is 0 Å². The molecule has 1 saturated carbocycles. The molecule has 0 aliphatic heterocycles. The Balaban J connectivity index is 1.37. The van der Waals surface area contributed by atoms with E-state index >= 15 is 0 Å². The van der Waals surface area contributed by atoms with E-state index in [0.717, 1.165) is 43.8 Å². The summed E-state index contributed by atoms with van der Waals surface area (Å²) in [7, 11) is 0. The van der Waals surface area contributed by atoms with Crippen LogP contribution in [-0.4, -0.2) is 12.1 Å². The van der Waals surface area contributed by atoms with Crippen LogP contribution in [0.2, 0.25) is 5.02 Å². The first kappa shape index (κ1) is 25.5. The van der Waals surface area contributed by atoms with Crippen molar-refractivity contribution in [2.24, 2.45) is 5.92 Å². The maximum absolute atomic E-state index is 12.8. The van der Waals surface area contributed by atoms with Crippen LogP contribution in [-0.2, 0) is 9.53 Å². The van der Waals surface area contributed by atoms with Crippen molar-refractivity contribution >= 4 is 56.6 Å². The molecule has 1 unspecified atom stereocenters. The molecule has 1 fully saturated rings. The number of anilines is 1. The van der Waals surface area contributed by atoms with Crippen molar-refractivity contribution in [1.29, 1.82) is 0 Å². The zero-order valence-corrected chi connectivity index (χ0v) is 23.0. The Morgan fingerprint density at radius 1 is 1.00 bits per heavy atom. The van der Waals surface area contributed by atoms with Crippen LogP contribution in [0.25, 0.3) is 21.6 Å². The maximum atomic E-state index is 12.8. The van der Waals surface area contributed by atoms with Gasteiger partial charge in [0.2, 0.25) is 0 Å². The fourth-order valence-corrected chi connectivity index (χ4v) is 5.86. The summed E-state index contributed by atoms with van der Waals surface area (Å²) in [6.45, 7) is 1.78. The number of carbonyl (C=O) groups is 2. The van der Waals surface area contributed by atoms with Gasteiger partial charge in [0.05, 0.1) is 20.3 Å². The van der Waals surface area contributed by atoms with E-state index in [1.54, 1.807) is 13.0 Å². The molecule has 1 aliphatic carbocycles. The smallest absolute Gasteiger partial charge is 0.412 e. The lowest BCUT2D eigenvalue weighted by atomic mass is 9.98. The van der Waals surface area contributed by atoms with E-state index in [0.29, 0.717) is 16.5 Å². The lowest BCUT2D eigenvalue weighted by molar-refractivity contribution is -0.135. The predicted molar refractivity (Wildman–Crippen MR) is 151 cm³/mol. The molecule has 5 rings (SSSR count). The minimum absolute atomic E-state index is 0.0444. The molecule has 37 heavy (non-hydrogen) atoms. The summed E-state index contributed by atoms with van der Waals surface area (Å²) in [5.74, 6) is 0.417. The molecule has 1 amide bonds. The lowest BCUT2D eigenvalue weighted by Gasteiger charge is -2.16. The Morgan fingerprint density at radius 2 is 1.68 bits per heavy atom. The molecule has 0 radical (unpaired) electrons. The standard InChI is InChI=1S/C29H23BrClNO4S/c1-17(21-6-4-5-9-24(21)31)35-29(34)32-25-16-26(30)37-27(25)23-8-3-2-7-22(23)18-12-14-20(15-13-18)36-28(33)19-10-11-19/h2-9,12-17,19H,10-11H2,1H3,(H,32,34). The number of halogens is 2. The highest BCUT2D eigenvalue weighted by molar-refractivity contribution is 9.11. The summed E-state index contributed by atoms with van der Waals surface area (Å²) >= 11 is 11.3. The summed E-state index contributed by atoms with van der Waals surface area (Å²) in [4.78, 5) is 25.7. The van der Waals surface area contributed by atoms with E-state index in [1.807, 2.05) is 72.8 Å². The monoisotopic (exact) mass is 595 g/mol. The van der Waals surface area contributed by atoms with Crippen molar-refractivity contribution < 1.29 is 19.1 Å². The molecule has 0 saturated heterocycles. The molecular formula is C29H23BrClNO4S. The number of carbonyl (C=O) groups excluding carboxylic acids is 2. The van der Waals surface area contributed by atoms with E-state index < -0.39 is 12.2 Å². The molecule has 3 aromatic carbocycles. The Labute approximate surface area is 232 Å². The number of hydrogen-bond acceptors (Lipinski definition) is 5. The SMILES string of the molecule is CC(OC(=O)Nc1cc(Br)sc1-c1ccccc1-c1ccc(OC(=O)C2CC2)cc1)c1ccccc1Cl. The van der Waals surface area contributed by atoms with Crippen molar-refractivity contribution in [2.75, 3.05) is 5.32 Å². The third-order valence-corrected chi connectivity index (χ3v) is 8.05. The molecule has 0 bridgehead atoms. The van der Waals surface area contributed by atoms with E-state index in [4.69, 9.17) is 21.1 Å². The zero-order valence-electron chi connectivity index (χ0n) is 19.9. The number of hydrogen-bond donors (Lipinski definition) is 1. The van der Waals surface area contributed by atoms with Crippen LogP contribution in [0.1, 0.15) is 31.4 Å². The van der Waals surface area contributed by atoms with Crippen LogP contribution in [0, 0.1) is 5.92 Å². The molecular weight excluding hydrogens is 574 g/mol. The molecule has 4 aromatic rings. The first-order valence-corrected chi connectivity index (χ1v) is 13.8. The van der Waals surface area contributed by atoms with Crippen molar-refractivity contribution in [2.45, 2.75) is 25.9 Å². The Hall–Kier alpha value is -3.13. The summed E-state index contributed by atoms with van der Waals surface area (Å²) in [5, 5.41) is 3.44. The summed E-state index contributed by atoms with van der Waals surface area (Å²) in [6, 6.07) is 24.6. The number of ether oxygens (including phenoxy) is 2. The van der Waals surface area contributed by atoms with Crippen LogP contribution in [0.4, 0.5) is 10.5 Å². The number of nitrogens with one attached hydrogen (secondary N) is 1. The van der Waals surface area contributed by atoms with E-state index in [9.17, 15) is 9.59 Å². The quantitative estimate of drug-likeness (QED) is 0.171. The normalized spacial score (nSPS) is 13.6. The second-order valence-corrected chi connectivity index (χ2v) is 11.6. The van der Waals surface area contributed by atoms with Gasteiger partial charge in [0.1, 0.15) is 11.9 Å². The molecule has 1 atom stereocenters. The summed E-state index contributed by atoms with van der Waals surface area (Å²) in [6.07, 6.45) is 0.727. The molecule has 1 N–H and O–H groups in total. The highest BCUT2D eigenvalue weighted by Gasteiger charge is 2.31. The van der Waals surface area contributed by atoms with Gasteiger partial charge in [-0.15, -0.1) is 11.3 Å². The van der Waals surface area contributed by atoms with Crippen molar-refractivity contribution in [3.63, 3.8) is 0 Å². The summed E-state index contributed by atoms with van der Waals surface area (Å²) < 4.78 is 12.0. The van der Waals surface area contributed by atoms with Crippen molar-refractivity contribution in [3.8, 4) is 27.3 Å². The first-order valence-electron chi connectivity index (χ1n) is 11.8. The third-order valence-electron chi connectivity index (χ3n) is 6.03. The minimum atomic E-state index is -0.571. The van der Waals surface area contributed by atoms with Gasteiger partial charge in [0.25, 0.3) is 0 Å². The maximum Gasteiger partial charge on any atom is 0.412 e. The number of benzene rings is 3.